The van der Waals surface area contributed by atoms with Crippen LogP contribution in [0.25, 0.3) is 0 Å². The van der Waals surface area contributed by atoms with E-state index in [-0.39, 0.29) is 35.8 Å². The highest BCUT2D eigenvalue weighted by atomic mass is 32.1. The minimum atomic E-state index is -1.29. The van der Waals surface area contributed by atoms with Crippen LogP contribution in [0.3, 0.4) is 0 Å². The van der Waals surface area contributed by atoms with Gasteiger partial charge in [0, 0.05) is 17.9 Å². The van der Waals surface area contributed by atoms with Crippen molar-refractivity contribution in [2.75, 3.05) is 11.5 Å². The van der Waals surface area contributed by atoms with Crippen LogP contribution in [-0.4, -0.2) is 74.7 Å². The molecule has 0 saturated carbocycles. The zero-order valence-corrected chi connectivity index (χ0v) is 21.5. The van der Waals surface area contributed by atoms with Gasteiger partial charge >= 0.3 is 5.97 Å². The molecule has 0 radical (unpaired) electrons. The van der Waals surface area contributed by atoms with Crippen molar-refractivity contribution in [1.29, 1.82) is 0 Å². The summed E-state index contributed by atoms with van der Waals surface area (Å²) in [7, 11) is 0. The third kappa shape index (κ3) is 9.52. The van der Waals surface area contributed by atoms with E-state index in [0.29, 0.717) is 11.1 Å². The molecule has 0 spiro atoms. The number of phenols is 2. The van der Waals surface area contributed by atoms with Gasteiger partial charge in [0.25, 0.3) is 0 Å². The van der Waals surface area contributed by atoms with Gasteiger partial charge in [0.05, 0.1) is 6.04 Å². The third-order valence-electron chi connectivity index (χ3n) is 5.35. The van der Waals surface area contributed by atoms with Crippen LogP contribution in [0.1, 0.15) is 11.1 Å². The number of amides is 3. The molecule has 11 nitrogen and oxygen atoms in total. The minimum absolute atomic E-state index is 0.0105. The maximum Gasteiger partial charge on any atom is 0.327 e. The Balaban J connectivity index is 2.11. The summed E-state index contributed by atoms with van der Waals surface area (Å²) in [4.78, 5) is 49.8. The van der Waals surface area contributed by atoms with Gasteiger partial charge in [0.2, 0.25) is 17.7 Å². The second-order valence-electron chi connectivity index (χ2n) is 8.23. The summed E-state index contributed by atoms with van der Waals surface area (Å²) < 4.78 is 0. The number of carboxylic acid groups (broad SMARTS) is 1. The summed E-state index contributed by atoms with van der Waals surface area (Å²) in [5.74, 6) is -3.60. The van der Waals surface area contributed by atoms with Gasteiger partial charge in [-0.05, 0) is 41.8 Å². The summed E-state index contributed by atoms with van der Waals surface area (Å²) >= 11 is 8.06. The second kappa shape index (κ2) is 14.4. The van der Waals surface area contributed by atoms with Crippen molar-refractivity contribution in [3.63, 3.8) is 0 Å². The third-order valence-corrected chi connectivity index (χ3v) is 6.08. The van der Waals surface area contributed by atoms with Crippen molar-refractivity contribution in [3.05, 3.63) is 59.7 Å². The van der Waals surface area contributed by atoms with Gasteiger partial charge in [-0.25, -0.2) is 4.79 Å². The Bertz CT molecular complexity index is 1080. The molecule has 0 bridgehead atoms. The number of benzene rings is 2. The van der Waals surface area contributed by atoms with E-state index >= 15 is 0 Å². The lowest BCUT2D eigenvalue weighted by Crippen LogP contribution is -2.58. The van der Waals surface area contributed by atoms with Crippen LogP contribution in [-0.2, 0) is 32.0 Å². The molecular weight excluding hydrogens is 520 g/mol. The molecule has 13 heteroatoms. The molecule has 0 aromatic heterocycles. The first kappa shape index (κ1) is 29.8. The van der Waals surface area contributed by atoms with E-state index in [1.54, 1.807) is 24.3 Å². The second-order valence-corrected chi connectivity index (χ2v) is 8.96. The molecule has 4 atom stereocenters. The van der Waals surface area contributed by atoms with Crippen LogP contribution in [0, 0.1) is 0 Å². The predicted octanol–water partition coefficient (Wildman–Crippen LogP) is -0.391. The van der Waals surface area contributed by atoms with Crippen molar-refractivity contribution in [2.45, 2.75) is 37.0 Å². The Kier molecular flexibility index (Phi) is 11.6. The highest BCUT2D eigenvalue weighted by Gasteiger charge is 2.29. The van der Waals surface area contributed by atoms with Crippen LogP contribution >= 0.6 is 25.3 Å². The number of hydrogen-bond donors (Lipinski definition) is 9. The summed E-state index contributed by atoms with van der Waals surface area (Å²) in [6.45, 7) is 0. The van der Waals surface area contributed by atoms with E-state index in [9.17, 15) is 34.5 Å². The first-order chi connectivity index (χ1) is 17.5. The number of phenolic OH excluding ortho intramolecular Hbond substituents is 2. The lowest BCUT2D eigenvalue weighted by molar-refractivity contribution is -0.141. The molecular formula is C24H30N4O7S2. The van der Waals surface area contributed by atoms with Crippen LogP contribution in [0.15, 0.2) is 48.5 Å². The Morgan fingerprint density at radius 3 is 1.54 bits per heavy atom. The normalized spacial score (nSPS) is 14.0. The summed E-state index contributed by atoms with van der Waals surface area (Å²) in [5, 5.41) is 35.5. The number of aliphatic carboxylic acids is 1. The van der Waals surface area contributed by atoms with Crippen molar-refractivity contribution in [1.82, 2.24) is 16.0 Å². The maximum absolute atomic E-state index is 13.0. The molecule has 0 fully saturated rings. The first-order valence-electron chi connectivity index (χ1n) is 11.2. The number of hydrogen-bond acceptors (Lipinski definition) is 9. The quantitative estimate of drug-likeness (QED) is 0.151. The highest BCUT2D eigenvalue weighted by molar-refractivity contribution is 7.80. The largest absolute Gasteiger partial charge is 0.508 e. The number of nitrogens with one attached hydrogen (secondary N) is 3. The standard InChI is InChI=1S/C24H30N4O7S2/c25-17(9-13-1-5-15(29)6-2-13)21(31)27-19(11-36)23(33)26-18(10-14-3-7-16(30)8-4-14)22(32)28-20(12-37)24(34)35/h1-8,17-20,29-30,36-37H,9-12,25H2,(H,26,33)(H,27,31)(H,28,32)(H,34,35). The van der Waals surface area contributed by atoms with E-state index in [1.165, 1.54) is 24.3 Å². The highest BCUT2D eigenvalue weighted by Crippen LogP contribution is 2.13. The zero-order valence-electron chi connectivity index (χ0n) is 19.7. The smallest absolute Gasteiger partial charge is 0.327 e. The number of carbonyl (C=O) groups is 4. The van der Waals surface area contributed by atoms with Crippen LogP contribution < -0.4 is 21.7 Å². The predicted molar refractivity (Wildman–Crippen MR) is 143 cm³/mol. The summed E-state index contributed by atoms with van der Waals surface area (Å²) in [5.41, 5.74) is 7.26. The topological polar surface area (TPSA) is 191 Å². The molecule has 2 aromatic rings. The molecule has 2 rings (SSSR count). The lowest BCUT2D eigenvalue weighted by Gasteiger charge is -2.24. The summed E-state index contributed by atoms with van der Waals surface area (Å²) in [6, 6.07) is 7.46. The molecule has 2 aromatic carbocycles. The SMILES string of the molecule is NC(Cc1ccc(O)cc1)C(=O)NC(CS)C(=O)NC(Cc1ccc(O)cc1)C(=O)NC(CS)C(=O)O. The van der Waals surface area contributed by atoms with Gasteiger partial charge in [0.1, 0.15) is 29.6 Å². The van der Waals surface area contributed by atoms with Crippen LogP contribution in [0.5, 0.6) is 11.5 Å². The van der Waals surface area contributed by atoms with E-state index in [2.05, 4.69) is 41.2 Å². The number of nitrogens with two attached hydrogens (primary N) is 1. The van der Waals surface area contributed by atoms with Crippen LogP contribution in [0.4, 0.5) is 0 Å². The van der Waals surface area contributed by atoms with Gasteiger partial charge in [-0.2, -0.15) is 25.3 Å². The molecule has 0 aliphatic heterocycles. The van der Waals surface area contributed by atoms with E-state index in [4.69, 9.17) is 5.73 Å². The van der Waals surface area contributed by atoms with Crippen molar-refractivity contribution >= 4 is 48.9 Å². The number of carboxylic acids is 1. The van der Waals surface area contributed by atoms with Gasteiger partial charge in [0.15, 0.2) is 0 Å². The van der Waals surface area contributed by atoms with Gasteiger partial charge in [-0.1, -0.05) is 24.3 Å². The Hall–Kier alpha value is -3.42. The fraction of sp³-hybridized carbons (Fsp3) is 0.333. The van der Waals surface area contributed by atoms with E-state index < -0.39 is 47.9 Å². The molecule has 4 unspecified atom stereocenters. The number of aromatic hydroxyl groups is 2. The molecule has 0 aliphatic rings. The molecule has 0 aliphatic carbocycles. The fourth-order valence-electron chi connectivity index (χ4n) is 3.26. The molecule has 3 amide bonds. The summed E-state index contributed by atoms with van der Waals surface area (Å²) in [6.07, 6.45) is 0.129. The van der Waals surface area contributed by atoms with Gasteiger partial charge in [-0.15, -0.1) is 0 Å². The molecule has 37 heavy (non-hydrogen) atoms. The molecule has 0 saturated heterocycles. The van der Waals surface area contributed by atoms with E-state index in [1.807, 2.05) is 0 Å². The first-order valence-corrected chi connectivity index (χ1v) is 12.5. The van der Waals surface area contributed by atoms with E-state index in [0.717, 1.165) is 0 Å². The van der Waals surface area contributed by atoms with Crippen molar-refractivity contribution < 1.29 is 34.5 Å². The Morgan fingerprint density at radius 2 is 1.08 bits per heavy atom. The lowest BCUT2D eigenvalue weighted by atomic mass is 10.0. The Morgan fingerprint density at radius 1 is 0.676 bits per heavy atom. The van der Waals surface area contributed by atoms with Crippen LogP contribution in [0.2, 0.25) is 0 Å². The maximum atomic E-state index is 13.0. The molecule has 0 heterocycles. The fourth-order valence-corrected chi connectivity index (χ4v) is 3.76. The van der Waals surface area contributed by atoms with Crippen molar-refractivity contribution in [2.24, 2.45) is 5.73 Å². The van der Waals surface area contributed by atoms with Gasteiger partial charge < -0.3 is 37.0 Å². The number of rotatable bonds is 13. The number of thiol groups is 2. The van der Waals surface area contributed by atoms with Crippen molar-refractivity contribution in [3.8, 4) is 11.5 Å². The Labute approximate surface area is 224 Å². The minimum Gasteiger partial charge on any atom is -0.508 e. The average molecular weight is 551 g/mol. The zero-order chi connectivity index (χ0) is 27.5. The average Bonchev–Trinajstić information content (AvgIpc) is 2.87. The molecule has 8 N–H and O–H groups in total. The molecule has 200 valence electrons. The van der Waals surface area contributed by atoms with Gasteiger partial charge in [-0.3, -0.25) is 14.4 Å². The number of carbonyl (C=O) groups excluding carboxylic acids is 3. The monoisotopic (exact) mass is 550 g/mol.